The summed E-state index contributed by atoms with van der Waals surface area (Å²) in [4.78, 5) is 14.9. The summed E-state index contributed by atoms with van der Waals surface area (Å²) >= 11 is 0. The molecule has 0 bridgehead atoms. The zero-order valence-corrected chi connectivity index (χ0v) is 32.0. The van der Waals surface area contributed by atoms with E-state index < -0.39 is 0 Å². The summed E-state index contributed by atoms with van der Waals surface area (Å²) in [5.74, 6) is 0.792. The van der Waals surface area contributed by atoms with Crippen molar-refractivity contribution in [2.75, 3.05) is 0 Å². The molecule has 252 valence electrons. The second kappa shape index (κ2) is 15.3. The molecular weight excluding hydrogens is 717 g/mol. The molecule has 0 atom stereocenters. The van der Waals surface area contributed by atoms with Crippen LogP contribution in [0, 0.1) is 0 Å². The Bertz CT molecular complexity index is 3210. The highest BCUT2D eigenvalue weighted by Crippen LogP contribution is 2.30. The quantitative estimate of drug-likeness (QED) is 0.196. The normalized spacial score (nSPS) is 11.4. The monoisotopic (exact) mass is 737 g/mol. The van der Waals surface area contributed by atoms with Crippen LogP contribution in [-0.2, 0) is 0 Å². The molecule has 0 saturated carbocycles. The number of fused-ring (bicyclic) bond motifs is 3. The van der Waals surface area contributed by atoms with Gasteiger partial charge in [-0.1, -0.05) is 147 Å². The van der Waals surface area contributed by atoms with Crippen LogP contribution in [0.5, 0.6) is 0 Å². The summed E-state index contributed by atoms with van der Waals surface area (Å²) in [5.41, 5.74) is 6.38. The lowest BCUT2D eigenvalue weighted by atomic mass is 9.59. The molecule has 0 aliphatic heterocycles. The molecule has 2 aromatic heterocycles. The van der Waals surface area contributed by atoms with Gasteiger partial charge in [-0.3, -0.25) is 0 Å². The Hall–Kier alpha value is -5.94. The average molecular weight is 736 g/mol. The van der Waals surface area contributed by atoms with Crippen LogP contribution in [0.2, 0.25) is 0 Å². The molecule has 22 radical (unpaired) electrons. The van der Waals surface area contributed by atoms with Crippen LogP contribution in [0.25, 0.3) is 89.5 Å². The fourth-order valence-corrected chi connectivity index (χ4v) is 7.66. The number of rotatable bonds is 6. The summed E-state index contributed by atoms with van der Waals surface area (Å²) in [6, 6.07) is 35.7. The summed E-state index contributed by atoms with van der Waals surface area (Å²) in [6.45, 7) is 0. The molecule has 0 saturated heterocycles. The number of hydrogen-bond acceptors (Lipinski definition) is 4. The van der Waals surface area contributed by atoms with E-state index in [1.54, 1.807) is 0 Å². The third-order valence-corrected chi connectivity index (χ3v) is 10.9. The first-order valence-corrected chi connectivity index (χ1v) is 18.6. The van der Waals surface area contributed by atoms with E-state index in [0.29, 0.717) is 22.8 Å². The Balaban J connectivity index is 1.30. The van der Waals surface area contributed by atoms with E-state index in [1.807, 2.05) is 109 Å². The fraction of sp³-hybridized carbons (Fsp3) is 0. The highest BCUT2D eigenvalue weighted by Gasteiger charge is 2.26. The van der Waals surface area contributed by atoms with Crippen molar-refractivity contribution in [2.24, 2.45) is 0 Å². The van der Waals surface area contributed by atoms with Crippen molar-refractivity contribution in [3.05, 3.63) is 109 Å². The molecule has 15 heteroatoms. The van der Waals surface area contributed by atoms with Crippen LogP contribution in [0.3, 0.4) is 0 Å². The molecule has 0 aliphatic rings. The third-order valence-electron chi connectivity index (χ3n) is 10.9. The van der Waals surface area contributed by atoms with E-state index in [2.05, 4.69) is 0 Å². The summed E-state index contributed by atoms with van der Waals surface area (Å²) < 4.78 is 6.10. The maximum Gasteiger partial charge on any atom is 0.164 e. The Labute approximate surface area is 362 Å². The van der Waals surface area contributed by atoms with Gasteiger partial charge in [0.25, 0.3) is 0 Å². The highest BCUT2D eigenvalue weighted by molar-refractivity contribution is 6.70. The van der Waals surface area contributed by atoms with Crippen molar-refractivity contribution in [3.63, 3.8) is 0 Å². The fourth-order valence-electron chi connectivity index (χ4n) is 7.66. The number of hydrogen-bond donors (Lipinski definition) is 0. The smallest absolute Gasteiger partial charge is 0.164 e. The van der Waals surface area contributed by atoms with Crippen LogP contribution in [0.15, 0.2) is 114 Å². The van der Waals surface area contributed by atoms with E-state index in [-0.39, 0.29) is 105 Å². The molecule has 7 aromatic carbocycles. The van der Waals surface area contributed by atoms with Gasteiger partial charge in [-0.15, -0.1) is 16.4 Å². The first-order valence-electron chi connectivity index (χ1n) is 18.6. The second-order valence-corrected chi connectivity index (χ2v) is 14.4. The van der Waals surface area contributed by atoms with E-state index in [9.17, 15) is 0 Å². The summed E-state index contributed by atoms with van der Waals surface area (Å²) in [6.07, 6.45) is 0. The lowest BCUT2D eigenvalue weighted by Gasteiger charge is -2.26. The first-order chi connectivity index (χ1) is 28.8. The molecule has 60 heavy (non-hydrogen) atoms. The number of nitrogens with zero attached hydrogens (tertiary/aromatic N) is 3. The molecule has 2 heterocycles. The molecule has 9 rings (SSSR count). The van der Waals surface area contributed by atoms with Gasteiger partial charge in [-0.25, -0.2) is 15.0 Å². The summed E-state index contributed by atoms with van der Waals surface area (Å²) in [5, 5.41) is 0.545. The Kier molecular flexibility index (Phi) is 10.1. The van der Waals surface area contributed by atoms with Crippen molar-refractivity contribution in [2.45, 2.75) is 0 Å². The number of aromatic nitrogens is 3. The van der Waals surface area contributed by atoms with Gasteiger partial charge in [0, 0.05) is 27.5 Å². The predicted molar refractivity (Wildman–Crippen MR) is 259 cm³/mol. The van der Waals surface area contributed by atoms with Crippen molar-refractivity contribution in [3.8, 4) is 67.5 Å². The average Bonchev–Trinajstić information content (AvgIpc) is 3.69. The largest absolute Gasteiger partial charge is 0.457 e. The van der Waals surface area contributed by atoms with Gasteiger partial charge in [-0.2, -0.15) is 0 Å². The molecular formula is C45H18B11N3O. The van der Waals surface area contributed by atoms with E-state index in [4.69, 9.17) is 106 Å². The second-order valence-electron chi connectivity index (χ2n) is 14.4. The zero-order chi connectivity index (χ0) is 42.1. The maximum atomic E-state index is 7.13. The van der Waals surface area contributed by atoms with Crippen LogP contribution < -0.4 is 60.1 Å². The molecule has 0 unspecified atom stereocenters. The van der Waals surface area contributed by atoms with E-state index in [0.717, 1.165) is 22.3 Å². The highest BCUT2D eigenvalue weighted by atomic mass is 16.3. The van der Waals surface area contributed by atoms with Gasteiger partial charge < -0.3 is 4.42 Å². The molecule has 0 amide bonds. The molecule has 4 nitrogen and oxygen atoms in total. The molecule has 0 N–H and O–H groups in total. The van der Waals surface area contributed by atoms with E-state index >= 15 is 0 Å². The van der Waals surface area contributed by atoms with Crippen molar-refractivity contribution < 1.29 is 4.42 Å². The minimum Gasteiger partial charge on any atom is -0.457 e. The molecule has 0 spiro atoms. The zero-order valence-electron chi connectivity index (χ0n) is 32.0. The maximum absolute atomic E-state index is 7.13. The van der Waals surface area contributed by atoms with Crippen molar-refractivity contribution in [1.29, 1.82) is 0 Å². The molecule has 0 fully saturated rings. The number of benzene rings is 7. The Morgan fingerprint density at radius 1 is 0.283 bits per heavy atom. The van der Waals surface area contributed by atoms with Gasteiger partial charge in [0.05, 0.1) is 0 Å². The third kappa shape index (κ3) is 6.36. The van der Waals surface area contributed by atoms with Crippen LogP contribution in [0.1, 0.15) is 0 Å². The predicted octanol–water partition coefficient (Wildman–Crippen LogP) is -1.50. The van der Waals surface area contributed by atoms with Crippen LogP contribution in [0.4, 0.5) is 0 Å². The first kappa shape index (κ1) is 39.5. The van der Waals surface area contributed by atoms with Crippen LogP contribution in [-0.4, -0.2) is 101 Å². The number of furan rings is 1. The van der Waals surface area contributed by atoms with Gasteiger partial charge in [-0.05, 0) is 39.4 Å². The van der Waals surface area contributed by atoms with Crippen molar-refractivity contribution in [1.82, 2.24) is 15.0 Å². The minimum absolute atomic E-state index is 0.000861. The topological polar surface area (TPSA) is 51.8 Å². The molecule has 0 aliphatic carbocycles. The van der Waals surface area contributed by atoms with Gasteiger partial charge >= 0.3 is 0 Å². The Morgan fingerprint density at radius 2 is 0.683 bits per heavy atom. The van der Waals surface area contributed by atoms with Crippen molar-refractivity contribution >= 4 is 168 Å². The summed E-state index contributed by atoms with van der Waals surface area (Å²) in [7, 11) is 73.0. The standard InChI is InChI=1S/C45H18B11N3O/c46-30-25(33(49)39(55)41-27(30)28-34(50)37(53)38(54)40(56)42(28)60-41)26-31(47)29(35(51)36(52)32(26)48)45-58-43(22-16-14-21(15-17-22)19-8-3-1-4-9-19)57-44(59-45)24-13-7-12-23(18-24)20-10-5-2-6-11-20/h1-18H. The van der Waals surface area contributed by atoms with Gasteiger partial charge in [0.1, 0.15) is 97.5 Å². The molecule has 9 aromatic rings. The van der Waals surface area contributed by atoms with Crippen LogP contribution >= 0.6 is 0 Å². The van der Waals surface area contributed by atoms with Gasteiger partial charge in [0.2, 0.25) is 0 Å². The lowest BCUT2D eigenvalue weighted by Crippen LogP contribution is -2.48. The minimum atomic E-state index is -0.0219. The lowest BCUT2D eigenvalue weighted by molar-refractivity contribution is 0.675. The van der Waals surface area contributed by atoms with E-state index in [1.165, 1.54) is 0 Å². The van der Waals surface area contributed by atoms with Gasteiger partial charge in [0.15, 0.2) is 17.5 Å². The SMILES string of the molecule is [B]c1c([B])c(-c2nc(-c3ccc(-c4ccccc4)cc3)nc(-c3cccc(-c4ccccc4)c3)n2)c([B])c(-c2c([B])c([B])c3oc4c([B])c([B])c([B])c([B])c4c3c2[B])c1[B]. The Morgan fingerprint density at radius 3 is 1.32 bits per heavy atom.